The first-order valence-corrected chi connectivity index (χ1v) is 13.7. The summed E-state index contributed by atoms with van der Waals surface area (Å²) in [7, 11) is 1.59. The molecule has 1 aromatic heterocycles. The Labute approximate surface area is 241 Å². The van der Waals surface area contributed by atoms with E-state index in [0.29, 0.717) is 57.8 Å². The smallest absolute Gasteiger partial charge is 0.255 e. The van der Waals surface area contributed by atoms with Crippen LogP contribution in [0.1, 0.15) is 36.6 Å². The van der Waals surface area contributed by atoms with Crippen LogP contribution in [0.25, 0.3) is 0 Å². The topological polar surface area (TPSA) is 99.5 Å². The molecular weight excluding hydrogens is 574 g/mol. The van der Waals surface area contributed by atoms with Crippen LogP contribution >= 0.6 is 15.9 Å². The molecule has 10 heteroatoms. The van der Waals surface area contributed by atoms with Crippen molar-refractivity contribution in [2.45, 2.75) is 33.4 Å². The lowest BCUT2D eigenvalue weighted by Crippen LogP contribution is -2.31. The van der Waals surface area contributed by atoms with Crippen molar-refractivity contribution in [1.82, 2.24) is 14.8 Å². The highest BCUT2D eigenvalue weighted by Crippen LogP contribution is 2.43. The molecule has 0 spiro atoms. The summed E-state index contributed by atoms with van der Waals surface area (Å²) in [6.07, 6.45) is 1.46. The fourth-order valence-electron chi connectivity index (χ4n) is 4.69. The molecular formula is C30H30BrN5O4. The van der Waals surface area contributed by atoms with E-state index in [1.165, 1.54) is 6.33 Å². The van der Waals surface area contributed by atoms with Crippen molar-refractivity contribution in [1.29, 1.82) is 0 Å². The number of benzene rings is 3. The van der Waals surface area contributed by atoms with Gasteiger partial charge in [-0.05, 0) is 77.7 Å². The van der Waals surface area contributed by atoms with Gasteiger partial charge in [0.15, 0.2) is 11.5 Å². The number of hydrogen-bond acceptors (Lipinski definition) is 7. The van der Waals surface area contributed by atoms with Gasteiger partial charge in [-0.2, -0.15) is 10.1 Å². The summed E-state index contributed by atoms with van der Waals surface area (Å²) in [6.45, 7) is 6.66. The van der Waals surface area contributed by atoms with Gasteiger partial charge in [0.05, 0.1) is 29.4 Å². The number of anilines is 2. The van der Waals surface area contributed by atoms with E-state index in [1.807, 2.05) is 68.4 Å². The minimum Gasteiger partial charge on any atom is -0.493 e. The first kappa shape index (κ1) is 27.3. The molecule has 0 aliphatic carbocycles. The Morgan fingerprint density at radius 2 is 1.85 bits per heavy atom. The standard InChI is InChI=1S/C30H30BrN5O4/c1-5-39-24-13-9-8-12-23(24)35-29(37)26-19(3)34-30-32-17-33-36(30)27(26)21-14-22(31)28(25(15-21)38-4)40-16-20-11-7-6-10-18(20)2/h6-15,17,27H,5,16H2,1-4H3,(H,35,37)(H,32,33,34). The van der Waals surface area contributed by atoms with E-state index in [4.69, 9.17) is 14.2 Å². The summed E-state index contributed by atoms with van der Waals surface area (Å²) < 4.78 is 20.1. The van der Waals surface area contributed by atoms with Crippen LogP contribution in [0.15, 0.2) is 82.7 Å². The molecule has 4 aromatic rings. The van der Waals surface area contributed by atoms with Crippen LogP contribution in [0.5, 0.6) is 17.2 Å². The third kappa shape index (κ3) is 5.40. The Balaban J connectivity index is 1.52. The number of carbonyl (C=O) groups is 1. The predicted molar refractivity (Wildman–Crippen MR) is 157 cm³/mol. The summed E-state index contributed by atoms with van der Waals surface area (Å²) in [5.41, 5.74) is 4.71. The maximum Gasteiger partial charge on any atom is 0.255 e. The van der Waals surface area contributed by atoms with Gasteiger partial charge in [-0.25, -0.2) is 4.68 Å². The van der Waals surface area contributed by atoms with E-state index >= 15 is 0 Å². The zero-order chi connectivity index (χ0) is 28.2. The summed E-state index contributed by atoms with van der Waals surface area (Å²) in [5, 5.41) is 10.7. The van der Waals surface area contributed by atoms with Gasteiger partial charge in [-0.15, -0.1) is 0 Å². The number of rotatable bonds is 9. The van der Waals surface area contributed by atoms with Crippen LogP contribution in [0.2, 0.25) is 0 Å². The highest BCUT2D eigenvalue weighted by atomic mass is 79.9. The first-order valence-electron chi connectivity index (χ1n) is 12.9. The van der Waals surface area contributed by atoms with Gasteiger partial charge in [-0.1, -0.05) is 36.4 Å². The number of aryl methyl sites for hydroxylation is 1. The number of para-hydroxylation sites is 2. The zero-order valence-corrected chi connectivity index (χ0v) is 24.3. The van der Waals surface area contributed by atoms with E-state index in [0.717, 1.165) is 16.7 Å². The molecule has 206 valence electrons. The van der Waals surface area contributed by atoms with Crippen molar-refractivity contribution in [3.8, 4) is 17.2 Å². The summed E-state index contributed by atoms with van der Waals surface area (Å²) in [4.78, 5) is 18.2. The SMILES string of the molecule is CCOc1ccccc1NC(=O)C1=C(C)Nc2ncnn2C1c1cc(Br)c(OCc2ccccc2C)c(OC)c1. The largest absolute Gasteiger partial charge is 0.493 e. The molecule has 5 rings (SSSR count). The van der Waals surface area contributed by atoms with Gasteiger partial charge >= 0.3 is 0 Å². The maximum absolute atomic E-state index is 13.9. The van der Waals surface area contributed by atoms with Crippen molar-refractivity contribution < 1.29 is 19.0 Å². The molecule has 9 nitrogen and oxygen atoms in total. The van der Waals surface area contributed by atoms with Crippen molar-refractivity contribution >= 4 is 33.5 Å². The molecule has 1 atom stereocenters. The molecule has 0 radical (unpaired) electrons. The number of amides is 1. The van der Waals surface area contributed by atoms with Crippen LogP contribution in [0.3, 0.4) is 0 Å². The van der Waals surface area contributed by atoms with Gasteiger partial charge in [0, 0.05) is 5.70 Å². The number of methoxy groups -OCH3 is 1. The number of ether oxygens (including phenoxy) is 3. The van der Waals surface area contributed by atoms with Crippen LogP contribution in [-0.4, -0.2) is 34.4 Å². The Morgan fingerprint density at radius 3 is 2.62 bits per heavy atom. The molecule has 2 N–H and O–H groups in total. The number of nitrogens with zero attached hydrogens (tertiary/aromatic N) is 3. The van der Waals surface area contributed by atoms with E-state index in [2.05, 4.69) is 49.6 Å². The Morgan fingerprint density at radius 1 is 1.07 bits per heavy atom. The second-order valence-electron chi connectivity index (χ2n) is 9.23. The van der Waals surface area contributed by atoms with Crippen molar-refractivity contribution in [3.05, 3.63) is 99.4 Å². The fourth-order valence-corrected chi connectivity index (χ4v) is 5.27. The predicted octanol–water partition coefficient (Wildman–Crippen LogP) is 6.26. The molecule has 1 aliphatic rings. The lowest BCUT2D eigenvalue weighted by molar-refractivity contribution is -0.113. The highest BCUT2D eigenvalue weighted by molar-refractivity contribution is 9.10. The molecule has 2 heterocycles. The van der Waals surface area contributed by atoms with Gasteiger partial charge in [-0.3, -0.25) is 4.79 Å². The summed E-state index contributed by atoms with van der Waals surface area (Å²) in [5.74, 6) is 1.93. The molecule has 0 bridgehead atoms. The van der Waals surface area contributed by atoms with Gasteiger partial charge < -0.3 is 24.8 Å². The molecule has 3 aromatic carbocycles. The van der Waals surface area contributed by atoms with Crippen molar-refractivity contribution in [2.24, 2.45) is 0 Å². The quantitative estimate of drug-likeness (QED) is 0.233. The molecule has 0 saturated carbocycles. The van der Waals surface area contributed by atoms with Crippen LogP contribution in [0, 0.1) is 6.92 Å². The molecule has 0 fully saturated rings. The number of nitrogens with one attached hydrogen (secondary N) is 2. The molecule has 0 saturated heterocycles. The summed E-state index contributed by atoms with van der Waals surface area (Å²) >= 11 is 3.68. The van der Waals surface area contributed by atoms with Gasteiger partial charge in [0.25, 0.3) is 5.91 Å². The molecule has 1 amide bonds. The molecule has 40 heavy (non-hydrogen) atoms. The average Bonchev–Trinajstić information content (AvgIpc) is 3.41. The van der Waals surface area contributed by atoms with Gasteiger partial charge in [0.2, 0.25) is 5.95 Å². The minimum absolute atomic E-state index is 0.293. The van der Waals surface area contributed by atoms with Crippen LogP contribution in [-0.2, 0) is 11.4 Å². The number of fused-ring (bicyclic) bond motifs is 1. The normalized spacial score (nSPS) is 14.3. The maximum atomic E-state index is 13.9. The Kier molecular flexibility index (Phi) is 8.06. The molecule has 1 aliphatic heterocycles. The number of aromatic nitrogens is 3. The monoisotopic (exact) mass is 603 g/mol. The number of allylic oxidation sites excluding steroid dienone is 1. The number of halogens is 1. The Hall–Kier alpha value is -4.31. The van der Waals surface area contributed by atoms with E-state index in [-0.39, 0.29) is 5.91 Å². The van der Waals surface area contributed by atoms with Crippen molar-refractivity contribution in [3.63, 3.8) is 0 Å². The van der Waals surface area contributed by atoms with Crippen molar-refractivity contribution in [2.75, 3.05) is 24.4 Å². The van der Waals surface area contributed by atoms with Crippen LogP contribution < -0.4 is 24.8 Å². The minimum atomic E-state index is -0.589. The second-order valence-corrected chi connectivity index (χ2v) is 10.1. The molecule has 1 unspecified atom stereocenters. The van der Waals surface area contributed by atoms with E-state index in [9.17, 15) is 4.79 Å². The van der Waals surface area contributed by atoms with Gasteiger partial charge in [0.1, 0.15) is 24.7 Å². The average molecular weight is 605 g/mol. The lowest BCUT2D eigenvalue weighted by Gasteiger charge is -2.29. The third-order valence-electron chi connectivity index (χ3n) is 6.67. The lowest BCUT2D eigenvalue weighted by atomic mass is 9.94. The first-order chi connectivity index (χ1) is 19.4. The number of hydrogen-bond donors (Lipinski definition) is 2. The fraction of sp³-hybridized carbons (Fsp3) is 0.233. The second kappa shape index (κ2) is 11.8. The number of carbonyl (C=O) groups excluding carboxylic acids is 1. The van der Waals surface area contributed by atoms with Crippen LogP contribution in [0.4, 0.5) is 11.6 Å². The third-order valence-corrected chi connectivity index (χ3v) is 7.26. The van der Waals surface area contributed by atoms with E-state index in [1.54, 1.807) is 11.8 Å². The zero-order valence-electron chi connectivity index (χ0n) is 22.7. The highest BCUT2D eigenvalue weighted by Gasteiger charge is 2.35. The van der Waals surface area contributed by atoms with E-state index < -0.39 is 6.04 Å². The Bertz CT molecular complexity index is 1580. The summed E-state index contributed by atoms with van der Waals surface area (Å²) in [6, 6.07) is 18.6.